The van der Waals surface area contributed by atoms with E-state index in [9.17, 15) is 13.9 Å². The third-order valence-corrected chi connectivity index (χ3v) is 6.67. The molecule has 4 nitrogen and oxygen atoms in total. The monoisotopic (exact) mass is 540 g/mol. The predicted molar refractivity (Wildman–Crippen MR) is 139 cm³/mol. The van der Waals surface area contributed by atoms with Gasteiger partial charge in [0.25, 0.3) is 0 Å². The number of fused-ring (bicyclic) bond motifs is 1. The van der Waals surface area contributed by atoms with Crippen molar-refractivity contribution in [2.45, 2.75) is 24.9 Å². The number of aryl methyl sites for hydroxylation is 1. The van der Waals surface area contributed by atoms with E-state index in [1.807, 2.05) is 67.5 Å². The van der Waals surface area contributed by atoms with Gasteiger partial charge in [-0.2, -0.15) is 0 Å². The lowest BCUT2D eigenvalue weighted by Crippen LogP contribution is -2.30. The quantitative estimate of drug-likeness (QED) is 0.280. The van der Waals surface area contributed by atoms with Gasteiger partial charge in [0.05, 0.1) is 18.2 Å². The molecule has 7 heteroatoms. The Bertz CT molecular complexity index is 1340. The number of benzene rings is 3. The summed E-state index contributed by atoms with van der Waals surface area (Å²) in [5.74, 6) is -1.11. The largest absolute Gasteiger partial charge is 0.481 e. The summed E-state index contributed by atoms with van der Waals surface area (Å²) in [7, 11) is 5.43. The minimum Gasteiger partial charge on any atom is -0.481 e. The van der Waals surface area contributed by atoms with Crippen LogP contribution in [0.5, 0.6) is 5.88 Å². The summed E-state index contributed by atoms with van der Waals surface area (Å²) in [6, 6.07) is 18.7. The lowest BCUT2D eigenvalue weighted by Gasteiger charge is -2.30. The maximum atomic E-state index is 14.2. The van der Waals surface area contributed by atoms with E-state index >= 15 is 0 Å². The highest BCUT2D eigenvalue weighted by Gasteiger charge is 2.32. The number of ether oxygens (including phenoxy) is 1. The molecule has 182 valence electrons. The molecule has 0 aliphatic carbocycles. The van der Waals surface area contributed by atoms with Crippen LogP contribution in [0.25, 0.3) is 10.9 Å². The van der Waals surface area contributed by atoms with Crippen molar-refractivity contribution in [3.63, 3.8) is 0 Å². The van der Waals surface area contributed by atoms with Crippen molar-refractivity contribution in [2.24, 2.45) is 0 Å². The molecule has 0 saturated heterocycles. The molecule has 0 aliphatic rings. The fourth-order valence-corrected chi connectivity index (χ4v) is 4.83. The molecule has 4 aromatic rings. The molecule has 3 aromatic carbocycles. The topological polar surface area (TPSA) is 45.6 Å². The minimum absolute atomic E-state index is 0.0681. The summed E-state index contributed by atoms with van der Waals surface area (Å²) in [4.78, 5) is 6.60. The molecule has 4 rings (SSSR count). The van der Waals surface area contributed by atoms with Crippen molar-refractivity contribution < 1.29 is 18.6 Å². The predicted octanol–water partition coefficient (Wildman–Crippen LogP) is 6.41. The van der Waals surface area contributed by atoms with Gasteiger partial charge in [-0.15, -0.1) is 0 Å². The highest BCUT2D eigenvalue weighted by atomic mass is 79.9. The van der Waals surface area contributed by atoms with Crippen LogP contribution in [0.3, 0.4) is 0 Å². The zero-order valence-corrected chi connectivity index (χ0v) is 21.4. The van der Waals surface area contributed by atoms with Crippen molar-refractivity contribution in [3.05, 3.63) is 99.5 Å². The molecule has 0 saturated carbocycles. The maximum absolute atomic E-state index is 14.2. The first-order valence-electron chi connectivity index (χ1n) is 11.3. The average molecular weight is 541 g/mol. The fourth-order valence-electron chi connectivity index (χ4n) is 4.45. The van der Waals surface area contributed by atoms with E-state index in [1.165, 1.54) is 19.2 Å². The van der Waals surface area contributed by atoms with Crippen LogP contribution in [0.4, 0.5) is 14.5 Å². The average Bonchev–Trinajstić information content (AvgIpc) is 2.82. The first-order valence-corrected chi connectivity index (χ1v) is 12.1. The number of pyridine rings is 1. The van der Waals surface area contributed by atoms with Crippen molar-refractivity contribution in [1.29, 1.82) is 0 Å². The van der Waals surface area contributed by atoms with Crippen molar-refractivity contribution in [2.75, 3.05) is 26.1 Å². The molecule has 1 N–H and O–H groups in total. The van der Waals surface area contributed by atoms with Gasteiger partial charge in [-0.3, -0.25) is 0 Å². The van der Waals surface area contributed by atoms with Gasteiger partial charge in [0.1, 0.15) is 11.6 Å². The SMILES string of the molecule is COc1nc2ccc(Br)cc2cc1CC(O)(CCc1ccccc1N(C)C)c1cc(F)cc(F)c1. The summed E-state index contributed by atoms with van der Waals surface area (Å²) in [5.41, 5.74) is 2.04. The first kappa shape index (κ1) is 25.1. The Balaban J connectivity index is 1.78. The first-order chi connectivity index (χ1) is 16.7. The van der Waals surface area contributed by atoms with Gasteiger partial charge in [0, 0.05) is 47.7 Å². The van der Waals surface area contributed by atoms with Gasteiger partial charge in [0.2, 0.25) is 5.88 Å². The number of para-hydroxylation sites is 1. The molecule has 0 amide bonds. The molecule has 0 spiro atoms. The molecule has 1 heterocycles. The van der Waals surface area contributed by atoms with Crippen LogP contribution in [0, 0.1) is 11.6 Å². The number of anilines is 1. The van der Waals surface area contributed by atoms with Crippen LogP contribution in [0.1, 0.15) is 23.1 Å². The second kappa shape index (κ2) is 10.3. The van der Waals surface area contributed by atoms with E-state index in [4.69, 9.17) is 4.74 Å². The Morgan fingerprint density at radius 3 is 2.37 bits per heavy atom. The van der Waals surface area contributed by atoms with Crippen molar-refractivity contribution in [1.82, 2.24) is 4.98 Å². The lowest BCUT2D eigenvalue weighted by molar-refractivity contribution is 0.0267. The summed E-state index contributed by atoms with van der Waals surface area (Å²) in [5, 5.41) is 12.8. The zero-order chi connectivity index (χ0) is 25.2. The molecule has 1 atom stereocenters. The number of aliphatic hydroxyl groups is 1. The Hall–Kier alpha value is -3.03. The molecule has 35 heavy (non-hydrogen) atoms. The molecule has 0 fully saturated rings. The second-order valence-electron chi connectivity index (χ2n) is 8.88. The van der Waals surface area contributed by atoms with E-state index in [1.54, 1.807) is 0 Å². The van der Waals surface area contributed by atoms with E-state index in [0.717, 1.165) is 32.7 Å². The molecule has 1 aromatic heterocycles. The van der Waals surface area contributed by atoms with Crippen LogP contribution in [0.15, 0.2) is 71.2 Å². The number of hydrogen-bond donors (Lipinski definition) is 1. The number of nitrogens with zero attached hydrogens (tertiary/aromatic N) is 2. The number of hydrogen-bond acceptors (Lipinski definition) is 4. The summed E-state index contributed by atoms with van der Waals surface area (Å²) >= 11 is 3.48. The highest BCUT2D eigenvalue weighted by molar-refractivity contribution is 9.10. The summed E-state index contributed by atoms with van der Waals surface area (Å²) < 4.78 is 34.9. The standard InChI is InChI=1S/C28H27BrF2N2O2/c1-33(2)26-7-5-4-6-18(26)10-11-28(34,21-14-23(30)16-24(31)15-21)17-20-12-19-13-22(29)8-9-25(19)32-27(20)35-3/h4-9,12-16,34H,10-11,17H2,1-3H3. The van der Waals surface area contributed by atoms with Gasteiger partial charge in [0.15, 0.2) is 0 Å². The van der Waals surface area contributed by atoms with Gasteiger partial charge >= 0.3 is 0 Å². The van der Waals surface area contributed by atoms with Crippen LogP contribution < -0.4 is 9.64 Å². The number of rotatable bonds is 8. The van der Waals surface area contributed by atoms with E-state index in [2.05, 4.69) is 20.9 Å². The zero-order valence-electron chi connectivity index (χ0n) is 19.9. The Morgan fingerprint density at radius 1 is 0.971 bits per heavy atom. The van der Waals surface area contributed by atoms with E-state index in [0.29, 0.717) is 17.9 Å². The summed E-state index contributed by atoms with van der Waals surface area (Å²) in [6.45, 7) is 0. The van der Waals surface area contributed by atoms with Gasteiger partial charge in [-0.05, 0) is 66.4 Å². The highest BCUT2D eigenvalue weighted by Crippen LogP contribution is 2.36. The van der Waals surface area contributed by atoms with E-state index < -0.39 is 17.2 Å². The third kappa shape index (κ3) is 5.63. The molecule has 1 unspecified atom stereocenters. The minimum atomic E-state index is -1.57. The van der Waals surface area contributed by atoms with Crippen molar-refractivity contribution >= 4 is 32.5 Å². The number of halogens is 3. The number of aromatic nitrogens is 1. The molecule has 0 aliphatic heterocycles. The normalized spacial score (nSPS) is 13.0. The van der Waals surface area contributed by atoms with Crippen LogP contribution in [-0.2, 0) is 18.4 Å². The Morgan fingerprint density at radius 2 is 1.69 bits per heavy atom. The molecular weight excluding hydrogens is 514 g/mol. The number of methoxy groups -OCH3 is 1. The van der Waals surface area contributed by atoms with Crippen LogP contribution in [-0.4, -0.2) is 31.3 Å². The Kier molecular flexibility index (Phi) is 7.38. The Labute approximate surface area is 212 Å². The van der Waals surface area contributed by atoms with Crippen LogP contribution >= 0.6 is 15.9 Å². The molecule has 0 bridgehead atoms. The fraction of sp³-hybridized carbons (Fsp3) is 0.250. The van der Waals surface area contributed by atoms with Crippen molar-refractivity contribution in [3.8, 4) is 5.88 Å². The molecule has 0 radical (unpaired) electrons. The smallest absolute Gasteiger partial charge is 0.216 e. The van der Waals surface area contributed by atoms with E-state index in [-0.39, 0.29) is 18.4 Å². The lowest BCUT2D eigenvalue weighted by atomic mass is 9.82. The van der Waals surface area contributed by atoms with Crippen LogP contribution in [0.2, 0.25) is 0 Å². The molecular formula is C28H27BrF2N2O2. The maximum Gasteiger partial charge on any atom is 0.216 e. The summed E-state index contributed by atoms with van der Waals surface area (Å²) in [6.07, 6.45) is 0.803. The second-order valence-corrected chi connectivity index (χ2v) is 9.80. The van der Waals surface area contributed by atoms with Gasteiger partial charge in [-0.1, -0.05) is 34.1 Å². The third-order valence-electron chi connectivity index (χ3n) is 6.17. The van der Waals surface area contributed by atoms with Gasteiger partial charge in [-0.25, -0.2) is 13.8 Å². The van der Waals surface area contributed by atoms with Gasteiger partial charge < -0.3 is 14.7 Å².